The molecule has 0 saturated heterocycles. The van der Waals surface area contributed by atoms with Crippen LogP contribution in [0.3, 0.4) is 0 Å². The molecule has 0 aliphatic heterocycles. The predicted molar refractivity (Wildman–Crippen MR) is 78.7 cm³/mol. The molecule has 1 atom stereocenters. The van der Waals surface area contributed by atoms with Gasteiger partial charge in [0.1, 0.15) is 0 Å². The molecular formula is C14H18Cl2N2O. The average Bonchev–Trinajstić information content (AvgIpc) is 3.11. The van der Waals surface area contributed by atoms with Crippen molar-refractivity contribution in [3.63, 3.8) is 0 Å². The maximum absolute atomic E-state index is 11.9. The summed E-state index contributed by atoms with van der Waals surface area (Å²) in [5.74, 6) is 0.0212. The Balaban J connectivity index is 1.92. The average molecular weight is 301 g/mol. The quantitative estimate of drug-likeness (QED) is 0.905. The molecule has 0 bridgehead atoms. The summed E-state index contributed by atoms with van der Waals surface area (Å²) in [6.07, 6.45) is 2.39. The number of carbonyl (C=O) groups excluding carboxylic acids is 1. The van der Waals surface area contributed by atoms with Crippen LogP contribution in [0.2, 0.25) is 10.0 Å². The van der Waals surface area contributed by atoms with Crippen molar-refractivity contribution >= 4 is 29.1 Å². The fourth-order valence-electron chi connectivity index (χ4n) is 2.09. The van der Waals surface area contributed by atoms with E-state index >= 15 is 0 Å². The van der Waals surface area contributed by atoms with Crippen molar-refractivity contribution < 1.29 is 4.79 Å². The van der Waals surface area contributed by atoms with Crippen molar-refractivity contribution in [2.75, 3.05) is 13.6 Å². The highest BCUT2D eigenvalue weighted by Gasteiger charge is 2.27. The van der Waals surface area contributed by atoms with Gasteiger partial charge in [0.15, 0.2) is 0 Å². The van der Waals surface area contributed by atoms with Crippen molar-refractivity contribution in [3.05, 3.63) is 33.8 Å². The number of likely N-dealkylation sites (N-methyl/N-ethyl adjacent to an activating group) is 1. The standard InChI is InChI=1S/C14H18Cl2N2O/c1-9(12-6-3-10(15)7-13(12)16)17-14(19)8-18(2)11-4-5-11/h3,6-7,9,11H,4-5,8H2,1-2H3,(H,17,19)/t9-/m1/s1. The smallest absolute Gasteiger partial charge is 0.234 e. The van der Waals surface area contributed by atoms with Gasteiger partial charge in [-0.15, -0.1) is 0 Å². The lowest BCUT2D eigenvalue weighted by Crippen LogP contribution is -2.37. The van der Waals surface area contributed by atoms with Crippen LogP contribution < -0.4 is 5.32 Å². The molecule has 0 aromatic heterocycles. The van der Waals surface area contributed by atoms with Crippen LogP contribution >= 0.6 is 23.2 Å². The molecule has 0 spiro atoms. The number of benzene rings is 1. The van der Waals surface area contributed by atoms with Crippen LogP contribution in [-0.2, 0) is 4.79 Å². The third-order valence-corrected chi connectivity index (χ3v) is 3.93. The van der Waals surface area contributed by atoms with Gasteiger partial charge < -0.3 is 5.32 Å². The molecule has 1 aromatic carbocycles. The molecule has 1 amide bonds. The maximum atomic E-state index is 11.9. The van der Waals surface area contributed by atoms with Crippen molar-refractivity contribution in [2.24, 2.45) is 0 Å². The number of nitrogens with zero attached hydrogens (tertiary/aromatic N) is 1. The predicted octanol–water partition coefficient (Wildman–Crippen LogP) is 3.26. The highest BCUT2D eigenvalue weighted by atomic mass is 35.5. The minimum Gasteiger partial charge on any atom is -0.348 e. The summed E-state index contributed by atoms with van der Waals surface area (Å²) in [6.45, 7) is 2.35. The van der Waals surface area contributed by atoms with Crippen molar-refractivity contribution in [1.29, 1.82) is 0 Å². The number of hydrogen-bond donors (Lipinski definition) is 1. The first kappa shape index (κ1) is 14.6. The Labute approximate surface area is 123 Å². The van der Waals surface area contributed by atoms with E-state index in [-0.39, 0.29) is 11.9 Å². The second kappa shape index (κ2) is 6.12. The van der Waals surface area contributed by atoms with Crippen LogP contribution in [0.1, 0.15) is 31.4 Å². The van der Waals surface area contributed by atoms with E-state index in [9.17, 15) is 4.79 Å². The molecule has 0 radical (unpaired) electrons. The lowest BCUT2D eigenvalue weighted by atomic mass is 10.1. The van der Waals surface area contributed by atoms with Gasteiger partial charge in [-0.3, -0.25) is 9.69 Å². The Morgan fingerprint density at radius 1 is 1.47 bits per heavy atom. The molecule has 1 aromatic rings. The molecule has 1 aliphatic carbocycles. The van der Waals surface area contributed by atoms with Crippen molar-refractivity contribution in [1.82, 2.24) is 10.2 Å². The highest BCUT2D eigenvalue weighted by molar-refractivity contribution is 6.35. The Bertz CT molecular complexity index is 475. The first-order chi connectivity index (χ1) is 8.97. The number of hydrogen-bond acceptors (Lipinski definition) is 2. The first-order valence-corrected chi connectivity index (χ1v) is 7.17. The zero-order valence-electron chi connectivity index (χ0n) is 11.1. The third kappa shape index (κ3) is 4.10. The molecule has 1 saturated carbocycles. The van der Waals surface area contributed by atoms with Crippen LogP contribution in [0.25, 0.3) is 0 Å². The monoisotopic (exact) mass is 300 g/mol. The normalized spacial score (nSPS) is 16.5. The summed E-state index contributed by atoms with van der Waals surface area (Å²) in [5.41, 5.74) is 0.883. The number of carbonyl (C=O) groups is 1. The fourth-order valence-corrected chi connectivity index (χ4v) is 2.66. The van der Waals surface area contributed by atoms with E-state index in [1.807, 2.05) is 20.0 Å². The molecule has 3 nitrogen and oxygen atoms in total. The SMILES string of the molecule is C[C@@H](NC(=O)CN(C)C1CC1)c1ccc(Cl)cc1Cl. The van der Waals surface area contributed by atoms with E-state index in [0.717, 1.165) is 5.56 Å². The number of nitrogens with one attached hydrogen (secondary N) is 1. The summed E-state index contributed by atoms with van der Waals surface area (Å²) in [5, 5.41) is 4.14. The Morgan fingerprint density at radius 3 is 2.74 bits per heavy atom. The summed E-state index contributed by atoms with van der Waals surface area (Å²) in [4.78, 5) is 14.0. The van der Waals surface area contributed by atoms with Crippen LogP contribution in [-0.4, -0.2) is 30.4 Å². The Morgan fingerprint density at radius 2 is 2.16 bits per heavy atom. The lowest BCUT2D eigenvalue weighted by Gasteiger charge is -2.19. The fraction of sp³-hybridized carbons (Fsp3) is 0.500. The van der Waals surface area contributed by atoms with Gasteiger partial charge in [-0.2, -0.15) is 0 Å². The van der Waals surface area contributed by atoms with E-state index in [2.05, 4.69) is 10.2 Å². The van der Waals surface area contributed by atoms with Crippen LogP contribution in [0.15, 0.2) is 18.2 Å². The molecule has 19 heavy (non-hydrogen) atoms. The van der Waals surface area contributed by atoms with Gasteiger partial charge in [0.25, 0.3) is 0 Å². The van der Waals surface area contributed by atoms with E-state index in [4.69, 9.17) is 23.2 Å². The van der Waals surface area contributed by atoms with Gasteiger partial charge in [-0.1, -0.05) is 29.3 Å². The summed E-state index contributed by atoms with van der Waals surface area (Å²) >= 11 is 12.0. The number of rotatable bonds is 5. The molecule has 1 N–H and O–H groups in total. The summed E-state index contributed by atoms with van der Waals surface area (Å²) < 4.78 is 0. The molecular weight excluding hydrogens is 283 g/mol. The lowest BCUT2D eigenvalue weighted by molar-refractivity contribution is -0.122. The van der Waals surface area contributed by atoms with Gasteiger partial charge in [0.05, 0.1) is 12.6 Å². The topological polar surface area (TPSA) is 32.3 Å². The molecule has 1 fully saturated rings. The second-order valence-electron chi connectivity index (χ2n) is 5.10. The zero-order chi connectivity index (χ0) is 14.0. The Hall–Kier alpha value is -0.770. The van der Waals surface area contributed by atoms with Crippen LogP contribution in [0.5, 0.6) is 0 Å². The van der Waals surface area contributed by atoms with E-state index in [1.54, 1.807) is 12.1 Å². The van der Waals surface area contributed by atoms with Gasteiger partial charge in [-0.05, 0) is 44.5 Å². The van der Waals surface area contributed by atoms with Gasteiger partial charge in [-0.25, -0.2) is 0 Å². The van der Waals surface area contributed by atoms with Crippen LogP contribution in [0, 0.1) is 0 Å². The Kier molecular flexibility index (Phi) is 4.71. The van der Waals surface area contributed by atoms with Gasteiger partial charge >= 0.3 is 0 Å². The number of amides is 1. The molecule has 5 heteroatoms. The first-order valence-electron chi connectivity index (χ1n) is 6.42. The summed E-state index contributed by atoms with van der Waals surface area (Å²) in [6, 6.07) is 5.78. The van der Waals surface area contributed by atoms with Crippen molar-refractivity contribution in [2.45, 2.75) is 31.8 Å². The molecule has 104 valence electrons. The molecule has 0 heterocycles. The highest BCUT2D eigenvalue weighted by Crippen LogP contribution is 2.27. The van der Waals surface area contributed by atoms with Gasteiger partial charge in [0.2, 0.25) is 5.91 Å². The minimum absolute atomic E-state index is 0.0212. The number of halogens is 2. The zero-order valence-corrected chi connectivity index (χ0v) is 12.6. The molecule has 1 aliphatic rings. The van der Waals surface area contributed by atoms with Crippen LogP contribution in [0.4, 0.5) is 0 Å². The van der Waals surface area contributed by atoms with E-state index < -0.39 is 0 Å². The van der Waals surface area contributed by atoms with Gasteiger partial charge in [0, 0.05) is 16.1 Å². The van der Waals surface area contributed by atoms with Crippen molar-refractivity contribution in [3.8, 4) is 0 Å². The van der Waals surface area contributed by atoms with E-state index in [1.165, 1.54) is 12.8 Å². The third-order valence-electron chi connectivity index (χ3n) is 3.37. The molecule has 0 unspecified atom stereocenters. The minimum atomic E-state index is -0.120. The summed E-state index contributed by atoms with van der Waals surface area (Å²) in [7, 11) is 1.98. The second-order valence-corrected chi connectivity index (χ2v) is 5.94. The largest absolute Gasteiger partial charge is 0.348 e. The maximum Gasteiger partial charge on any atom is 0.234 e. The molecule has 2 rings (SSSR count). The van der Waals surface area contributed by atoms with E-state index in [0.29, 0.717) is 22.6 Å².